The molecule has 0 aliphatic heterocycles. The average Bonchev–Trinajstić information content (AvgIpc) is 3.02. The van der Waals surface area contributed by atoms with Crippen LogP contribution in [0.3, 0.4) is 0 Å². The van der Waals surface area contributed by atoms with E-state index in [4.69, 9.17) is 9.47 Å². The quantitative estimate of drug-likeness (QED) is 0.756. The number of ether oxygens (including phenoxy) is 2. The summed E-state index contributed by atoms with van der Waals surface area (Å²) in [6.45, 7) is 2.36. The van der Waals surface area contributed by atoms with Gasteiger partial charge in [0.15, 0.2) is 17.2 Å². The van der Waals surface area contributed by atoms with Crippen LogP contribution in [0.4, 0.5) is 0 Å². The van der Waals surface area contributed by atoms with Gasteiger partial charge in [0.05, 0.1) is 19.7 Å². The maximum Gasteiger partial charge on any atom is 0.272 e. The number of rotatable bonds is 5. The largest absolute Gasteiger partial charge is 0.493 e. The molecule has 0 fully saturated rings. The molecule has 0 radical (unpaired) electrons. The highest BCUT2D eigenvalue weighted by Crippen LogP contribution is 2.27. The average molecular weight is 325 g/mol. The van der Waals surface area contributed by atoms with Gasteiger partial charge < -0.3 is 14.8 Å². The Morgan fingerprint density at radius 3 is 2.67 bits per heavy atom. The van der Waals surface area contributed by atoms with Crippen LogP contribution in [0.2, 0.25) is 0 Å². The van der Waals surface area contributed by atoms with E-state index in [0.717, 1.165) is 22.0 Å². The second-order valence-electron chi connectivity index (χ2n) is 5.49. The SMILES string of the molecule is COc1ccc(CNC(=O)c2n[nH]c3ccc(C)cc23)cc1OC. The van der Waals surface area contributed by atoms with Crippen molar-refractivity contribution in [2.75, 3.05) is 14.2 Å². The van der Waals surface area contributed by atoms with Crippen LogP contribution in [0.15, 0.2) is 36.4 Å². The minimum Gasteiger partial charge on any atom is -0.493 e. The highest BCUT2D eigenvalue weighted by molar-refractivity contribution is 6.04. The topological polar surface area (TPSA) is 76.2 Å². The van der Waals surface area contributed by atoms with Crippen molar-refractivity contribution in [2.24, 2.45) is 0 Å². The van der Waals surface area contributed by atoms with E-state index in [0.29, 0.717) is 23.7 Å². The van der Waals surface area contributed by atoms with Gasteiger partial charge >= 0.3 is 0 Å². The number of H-pyrrole nitrogens is 1. The number of nitrogens with one attached hydrogen (secondary N) is 2. The molecule has 2 N–H and O–H groups in total. The first-order valence-corrected chi connectivity index (χ1v) is 7.56. The van der Waals surface area contributed by atoms with E-state index in [1.54, 1.807) is 14.2 Å². The number of aromatic nitrogens is 2. The number of hydrogen-bond donors (Lipinski definition) is 2. The zero-order valence-electron chi connectivity index (χ0n) is 13.8. The number of methoxy groups -OCH3 is 2. The molecule has 1 aromatic heterocycles. The summed E-state index contributed by atoms with van der Waals surface area (Å²) < 4.78 is 10.5. The third kappa shape index (κ3) is 3.03. The minimum absolute atomic E-state index is 0.221. The van der Waals surface area contributed by atoms with Gasteiger partial charge in [-0.1, -0.05) is 17.7 Å². The van der Waals surface area contributed by atoms with E-state index < -0.39 is 0 Å². The number of benzene rings is 2. The summed E-state index contributed by atoms with van der Waals surface area (Å²) in [5.74, 6) is 1.06. The smallest absolute Gasteiger partial charge is 0.272 e. The van der Waals surface area contributed by atoms with Crippen molar-refractivity contribution in [1.82, 2.24) is 15.5 Å². The normalized spacial score (nSPS) is 10.6. The van der Waals surface area contributed by atoms with Gasteiger partial charge in [0.25, 0.3) is 5.91 Å². The number of hydrogen-bond acceptors (Lipinski definition) is 4. The van der Waals surface area contributed by atoms with Crippen LogP contribution in [-0.4, -0.2) is 30.3 Å². The fourth-order valence-corrected chi connectivity index (χ4v) is 2.56. The highest BCUT2D eigenvalue weighted by Gasteiger charge is 2.14. The Balaban J connectivity index is 1.76. The Labute approximate surface area is 139 Å². The third-order valence-electron chi connectivity index (χ3n) is 3.83. The first kappa shape index (κ1) is 15.9. The molecule has 6 heteroatoms. The van der Waals surface area contributed by atoms with Crippen molar-refractivity contribution in [3.8, 4) is 11.5 Å². The predicted molar refractivity (Wildman–Crippen MR) is 91.5 cm³/mol. The van der Waals surface area contributed by atoms with Gasteiger partial charge in [-0.3, -0.25) is 9.89 Å². The van der Waals surface area contributed by atoms with Gasteiger partial charge in [-0.05, 0) is 36.8 Å². The molecule has 6 nitrogen and oxygen atoms in total. The molecule has 0 saturated carbocycles. The van der Waals surface area contributed by atoms with Gasteiger partial charge in [0.1, 0.15) is 0 Å². The number of aromatic amines is 1. The monoisotopic (exact) mass is 325 g/mol. The van der Waals surface area contributed by atoms with Crippen LogP contribution in [0, 0.1) is 6.92 Å². The summed E-state index contributed by atoms with van der Waals surface area (Å²) in [5.41, 5.74) is 3.24. The summed E-state index contributed by atoms with van der Waals surface area (Å²) in [6.07, 6.45) is 0. The van der Waals surface area contributed by atoms with Gasteiger partial charge in [0.2, 0.25) is 0 Å². The summed E-state index contributed by atoms with van der Waals surface area (Å²) in [7, 11) is 3.17. The molecule has 24 heavy (non-hydrogen) atoms. The van der Waals surface area contributed by atoms with Crippen LogP contribution in [0.25, 0.3) is 10.9 Å². The lowest BCUT2D eigenvalue weighted by Gasteiger charge is -2.10. The molecule has 0 aliphatic rings. The first-order valence-electron chi connectivity index (χ1n) is 7.56. The van der Waals surface area contributed by atoms with E-state index in [-0.39, 0.29) is 5.91 Å². The lowest BCUT2D eigenvalue weighted by molar-refractivity contribution is 0.0947. The van der Waals surface area contributed by atoms with E-state index in [1.807, 2.05) is 43.3 Å². The van der Waals surface area contributed by atoms with E-state index in [1.165, 1.54) is 0 Å². The number of nitrogens with zero attached hydrogens (tertiary/aromatic N) is 1. The minimum atomic E-state index is -0.221. The molecule has 124 valence electrons. The van der Waals surface area contributed by atoms with Crippen molar-refractivity contribution in [2.45, 2.75) is 13.5 Å². The molecule has 3 aromatic rings. The molecule has 0 spiro atoms. The maximum atomic E-state index is 12.4. The zero-order valence-corrected chi connectivity index (χ0v) is 13.8. The van der Waals surface area contributed by atoms with Gasteiger partial charge in [-0.2, -0.15) is 5.10 Å². The summed E-state index contributed by atoms with van der Waals surface area (Å²) >= 11 is 0. The van der Waals surface area contributed by atoms with Crippen molar-refractivity contribution < 1.29 is 14.3 Å². The molecule has 0 aliphatic carbocycles. The molecular formula is C18H19N3O3. The standard InChI is InChI=1S/C18H19N3O3/c1-11-4-6-14-13(8-11)17(21-20-14)18(22)19-10-12-5-7-15(23-2)16(9-12)24-3/h4-9H,10H2,1-3H3,(H,19,22)(H,20,21). The van der Waals surface area contributed by atoms with Gasteiger partial charge in [-0.25, -0.2) is 0 Å². The summed E-state index contributed by atoms with van der Waals surface area (Å²) in [5, 5.41) is 10.7. The van der Waals surface area contributed by atoms with Crippen LogP contribution in [0.1, 0.15) is 21.6 Å². The Hall–Kier alpha value is -3.02. The van der Waals surface area contributed by atoms with E-state index in [9.17, 15) is 4.79 Å². The number of fused-ring (bicyclic) bond motifs is 1. The zero-order chi connectivity index (χ0) is 17.1. The molecular weight excluding hydrogens is 306 g/mol. The van der Waals surface area contributed by atoms with Crippen LogP contribution in [0.5, 0.6) is 11.5 Å². The fraction of sp³-hybridized carbons (Fsp3) is 0.222. The predicted octanol–water partition coefficient (Wildman–Crippen LogP) is 2.82. The van der Waals surface area contributed by atoms with E-state index >= 15 is 0 Å². The Kier molecular flexibility index (Phi) is 4.37. The highest BCUT2D eigenvalue weighted by atomic mass is 16.5. The third-order valence-corrected chi connectivity index (χ3v) is 3.83. The maximum absolute atomic E-state index is 12.4. The van der Waals surface area contributed by atoms with E-state index in [2.05, 4.69) is 15.5 Å². The fourth-order valence-electron chi connectivity index (χ4n) is 2.56. The lowest BCUT2D eigenvalue weighted by Crippen LogP contribution is -2.23. The molecule has 1 heterocycles. The lowest BCUT2D eigenvalue weighted by atomic mass is 10.1. The Bertz CT molecular complexity index is 886. The number of amides is 1. The second kappa shape index (κ2) is 6.62. The molecule has 3 rings (SSSR count). The molecule has 0 saturated heterocycles. The summed E-state index contributed by atoms with van der Waals surface area (Å²) in [6, 6.07) is 11.4. The Morgan fingerprint density at radius 2 is 1.92 bits per heavy atom. The van der Waals surface area contributed by atoms with Crippen molar-refractivity contribution in [1.29, 1.82) is 0 Å². The van der Waals surface area contributed by atoms with Gasteiger partial charge in [0, 0.05) is 11.9 Å². The van der Waals surface area contributed by atoms with Crippen LogP contribution < -0.4 is 14.8 Å². The van der Waals surface area contributed by atoms with Crippen LogP contribution >= 0.6 is 0 Å². The molecule has 0 unspecified atom stereocenters. The van der Waals surface area contributed by atoms with Gasteiger partial charge in [-0.15, -0.1) is 0 Å². The first-order chi connectivity index (χ1) is 11.6. The molecule has 1 amide bonds. The molecule has 0 atom stereocenters. The molecule has 2 aromatic carbocycles. The van der Waals surface area contributed by atoms with Crippen molar-refractivity contribution >= 4 is 16.8 Å². The van der Waals surface area contributed by atoms with Crippen molar-refractivity contribution in [3.05, 3.63) is 53.2 Å². The number of carbonyl (C=O) groups excluding carboxylic acids is 1. The number of aryl methyl sites for hydroxylation is 1. The number of carbonyl (C=O) groups is 1. The summed E-state index contributed by atoms with van der Waals surface area (Å²) in [4.78, 5) is 12.4. The molecule has 0 bridgehead atoms. The van der Waals surface area contributed by atoms with Crippen molar-refractivity contribution in [3.63, 3.8) is 0 Å². The second-order valence-corrected chi connectivity index (χ2v) is 5.49. The Morgan fingerprint density at radius 1 is 1.12 bits per heavy atom. The van der Waals surface area contributed by atoms with Crippen LogP contribution in [-0.2, 0) is 6.54 Å².